The van der Waals surface area contributed by atoms with Gasteiger partial charge in [-0.2, -0.15) is 5.10 Å². The molecule has 4 rings (SSSR count). The third kappa shape index (κ3) is 6.06. The molecule has 172 valence electrons. The Morgan fingerprint density at radius 3 is 2.88 bits per heavy atom. The molecule has 1 aliphatic heterocycles. The number of nitrogens with zero attached hydrogens (tertiary/aromatic N) is 6. The van der Waals surface area contributed by atoms with Gasteiger partial charge < -0.3 is 19.9 Å². The predicted octanol–water partition coefficient (Wildman–Crippen LogP) is 2.90. The number of halogens is 1. The Hall–Kier alpha value is -2.47. The summed E-state index contributed by atoms with van der Waals surface area (Å²) >= 11 is 0. The van der Waals surface area contributed by atoms with Crippen molar-refractivity contribution in [2.75, 3.05) is 13.2 Å². The first-order chi connectivity index (χ1) is 15.1. The zero-order chi connectivity index (χ0) is 21.6. The Balaban J connectivity index is 0.00000289. The summed E-state index contributed by atoms with van der Waals surface area (Å²) in [6, 6.07) is 10.3. The molecule has 10 heteroatoms. The maximum Gasteiger partial charge on any atom is 0.192 e. The Labute approximate surface area is 205 Å². The highest BCUT2D eigenvalue weighted by atomic mass is 127. The highest BCUT2D eigenvalue weighted by Crippen LogP contribution is 2.17. The van der Waals surface area contributed by atoms with E-state index in [1.807, 2.05) is 47.6 Å². The summed E-state index contributed by atoms with van der Waals surface area (Å²) in [4.78, 5) is 4.76. The molecule has 1 fully saturated rings. The maximum absolute atomic E-state index is 5.75. The van der Waals surface area contributed by atoms with E-state index in [1.54, 1.807) is 6.20 Å². The third-order valence-electron chi connectivity index (χ3n) is 5.57. The minimum atomic E-state index is 0. The van der Waals surface area contributed by atoms with Crippen molar-refractivity contribution in [3.63, 3.8) is 0 Å². The average Bonchev–Trinajstić information content (AvgIpc) is 3.55. The van der Waals surface area contributed by atoms with E-state index < -0.39 is 0 Å². The molecule has 3 aromatic rings. The van der Waals surface area contributed by atoms with Crippen LogP contribution in [0.2, 0.25) is 0 Å². The second-order valence-corrected chi connectivity index (χ2v) is 7.81. The highest BCUT2D eigenvalue weighted by Gasteiger charge is 2.17. The van der Waals surface area contributed by atoms with Crippen molar-refractivity contribution in [1.82, 2.24) is 35.2 Å². The van der Waals surface area contributed by atoms with Gasteiger partial charge in [-0.3, -0.25) is 0 Å². The topological polar surface area (TPSA) is 94.2 Å². The van der Waals surface area contributed by atoms with Crippen LogP contribution in [0.5, 0.6) is 0 Å². The summed E-state index contributed by atoms with van der Waals surface area (Å²) < 4.78 is 9.57. The van der Waals surface area contributed by atoms with Crippen molar-refractivity contribution in [2.24, 2.45) is 12.0 Å². The van der Waals surface area contributed by atoms with Crippen LogP contribution in [-0.4, -0.2) is 49.8 Å². The van der Waals surface area contributed by atoms with Gasteiger partial charge in [0.15, 0.2) is 11.8 Å². The monoisotopic (exact) mass is 550 g/mol. The van der Waals surface area contributed by atoms with Gasteiger partial charge in [0.2, 0.25) is 0 Å². The van der Waals surface area contributed by atoms with E-state index in [0.717, 1.165) is 54.9 Å². The number of hydrogen-bond donors (Lipinski definition) is 2. The lowest BCUT2D eigenvalue weighted by Gasteiger charge is -2.20. The average molecular weight is 550 g/mol. The number of nitrogens with one attached hydrogen (secondary N) is 2. The third-order valence-corrected chi connectivity index (χ3v) is 5.57. The molecule has 0 bridgehead atoms. The van der Waals surface area contributed by atoms with Gasteiger partial charge in [-0.15, -0.1) is 34.2 Å². The van der Waals surface area contributed by atoms with Crippen LogP contribution in [0.25, 0.3) is 5.69 Å². The van der Waals surface area contributed by atoms with Gasteiger partial charge in [0.1, 0.15) is 12.4 Å². The minimum Gasteiger partial charge on any atom is -0.376 e. The van der Waals surface area contributed by atoms with Crippen LogP contribution in [0.3, 0.4) is 0 Å². The van der Waals surface area contributed by atoms with E-state index in [0.29, 0.717) is 6.54 Å². The summed E-state index contributed by atoms with van der Waals surface area (Å²) in [5.74, 6) is 2.42. The van der Waals surface area contributed by atoms with Gasteiger partial charge in [-0.25, -0.2) is 9.67 Å². The quantitative estimate of drug-likeness (QED) is 0.267. The van der Waals surface area contributed by atoms with Crippen LogP contribution in [-0.2, 0) is 18.3 Å². The Morgan fingerprint density at radius 2 is 2.19 bits per heavy atom. The SMILES string of the molecule is Cc1nnc(CN=C(NCC2CCCO2)NC(C)c2cccc(-n3cccn3)c2)n1C.I. The van der Waals surface area contributed by atoms with E-state index in [-0.39, 0.29) is 36.1 Å². The molecule has 2 aromatic heterocycles. The molecule has 0 saturated carbocycles. The van der Waals surface area contributed by atoms with Gasteiger partial charge in [0, 0.05) is 32.6 Å². The first-order valence-electron chi connectivity index (χ1n) is 10.7. The Morgan fingerprint density at radius 1 is 1.31 bits per heavy atom. The molecule has 32 heavy (non-hydrogen) atoms. The van der Waals surface area contributed by atoms with Crippen LogP contribution in [0.15, 0.2) is 47.7 Å². The molecular weight excluding hydrogens is 519 g/mol. The van der Waals surface area contributed by atoms with Crippen LogP contribution in [0, 0.1) is 6.92 Å². The first kappa shape index (κ1) is 24.2. The summed E-state index contributed by atoms with van der Waals surface area (Å²) in [5.41, 5.74) is 2.17. The Bertz CT molecular complexity index is 1010. The number of ether oxygens (including phenoxy) is 1. The number of aliphatic imine (C=N–C) groups is 1. The van der Waals surface area contributed by atoms with Crippen molar-refractivity contribution in [1.29, 1.82) is 0 Å². The minimum absolute atomic E-state index is 0. The smallest absolute Gasteiger partial charge is 0.192 e. The lowest BCUT2D eigenvalue weighted by molar-refractivity contribution is 0.113. The first-order valence-corrected chi connectivity index (χ1v) is 10.7. The number of benzene rings is 1. The van der Waals surface area contributed by atoms with Crippen molar-refractivity contribution < 1.29 is 4.74 Å². The van der Waals surface area contributed by atoms with E-state index in [4.69, 9.17) is 9.73 Å². The standard InChI is InChI=1S/C22H30N8O.HI/c1-16(18-7-4-8-19(13-18)30-11-6-10-25-30)26-22(23-14-20-9-5-12-31-20)24-15-21-28-27-17(2)29(21)3;/h4,6-8,10-11,13,16,20H,5,9,12,14-15H2,1-3H3,(H2,23,24,26);1H. The molecule has 1 aromatic carbocycles. The number of hydrogen-bond acceptors (Lipinski definition) is 5. The molecule has 0 radical (unpaired) electrons. The van der Waals surface area contributed by atoms with E-state index in [9.17, 15) is 0 Å². The fourth-order valence-electron chi connectivity index (χ4n) is 3.55. The van der Waals surface area contributed by atoms with Crippen LogP contribution in [0.1, 0.15) is 43.0 Å². The maximum atomic E-state index is 5.75. The molecule has 3 heterocycles. The summed E-state index contributed by atoms with van der Waals surface area (Å²) in [5, 5.41) is 19.6. The van der Waals surface area contributed by atoms with E-state index >= 15 is 0 Å². The molecule has 0 spiro atoms. The van der Waals surface area contributed by atoms with Crippen molar-refractivity contribution in [3.8, 4) is 5.69 Å². The molecule has 2 N–H and O–H groups in total. The molecule has 2 atom stereocenters. The largest absolute Gasteiger partial charge is 0.376 e. The van der Waals surface area contributed by atoms with Gasteiger partial charge in [0.25, 0.3) is 0 Å². The van der Waals surface area contributed by atoms with Crippen LogP contribution >= 0.6 is 24.0 Å². The molecular formula is C22H31IN8O. The van der Waals surface area contributed by atoms with Gasteiger partial charge in [-0.05, 0) is 50.5 Å². The number of guanidine groups is 1. The fourth-order valence-corrected chi connectivity index (χ4v) is 3.55. The number of aryl methyl sites for hydroxylation is 1. The fraction of sp³-hybridized carbons (Fsp3) is 0.455. The molecule has 1 aliphatic rings. The zero-order valence-corrected chi connectivity index (χ0v) is 21.1. The normalized spacial score (nSPS) is 17.1. The molecule has 1 saturated heterocycles. The van der Waals surface area contributed by atoms with Gasteiger partial charge in [-0.1, -0.05) is 12.1 Å². The number of aromatic nitrogens is 5. The van der Waals surface area contributed by atoms with Crippen LogP contribution in [0.4, 0.5) is 0 Å². The lowest BCUT2D eigenvalue weighted by Crippen LogP contribution is -2.42. The second kappa shape index (κ2) is 11.4. The summed E-state index contributed by atoms with van der Waals surface area (Å²) in [6.45, 7) is 6.06. The van der Waals surface area contributed by atoms with Gasteiger partial charge in [0.05, 0.1) is 17.8 Å². The number of rotatable bonds is 7. The highest BCUT2D eigenvalue weighted by molar-refractivity contribution is 14.0. The summed E-state index contributed by atoms with van der Waals surface area (Å²) in [6.07, 6.45) is 6.13. The zero-order valence-electron chi connectivity index (χ0n) is 18.7. The van der Waals surface area contributed by atoms with Gasteiger partial charge >= 0.3 is 0 Å². The second-order valence-electron chi connectivity index (χ2n) is 7.81. The molecule has 9 nitrogen and oxygen atoms in total. The van der Waals surface area contributed by atoms with Crippen molar-refractivity contribution in [3.05, 3.63) is 59.9 Å². The molecule has 2 unspecified atom stereocenters. The molecule has 0 aliphatic carbocycles. The van der Waals surface area contributed by atoms with Crippen LogP contribution < -0.4 is 10.6 Å². The van der Waals surface area contributed by atoms with Crippen molar-refractivity contribution >= 4 is 29.9 Å². The Kier molecular flexibility index (Phi) is 8.62. The predicted molar refractivity (Wildman–Crippen MR) is 134 cm³/mol. The van der Waals surface area contributed by atoms with E-state index in [2.05, 4.69) is 45.0 Å². The summed E-state index contributed by atoms with van der Waals surface area (Å²) in [7, 11) is 1.95. The molecule has 0 amide bonds. The van der Waals surface area contributed by atoms with Crippen molar-refractivity contribution in [2.45, 2.75) is 45.4 Å². The van der Waals surface area contributed by atoms with E-state index in [1.165, 1.54) is 0 Å². The lowest BCUT2D eigenvalue weighted by atomic mass is 10.1.